The Labute approximate surface area is 155 Å². The molecule has 0 radical (unpaired) electrons. The van der Waals surface area contributed by atoms with Crippen LogP contribution in [0.4, 0.5) is 10.5 Å². The summed E-state index contributed by atoms with van der Waals surface area (Å²) in [6, 6.07) is 6.07. The lowest BCUT2D eigenvalue weighted by Crippen LogP contribution is -2.35. The number of nitro benzene ring substituents is 1. The van der Waals surface area contributed by atoms with Gasteiger partial charge in [-0.2, -0.15) is 0 Å². The van der Waals surface area contributed by atoms with Gasteiger partial charge in [-0.1, -0.05) is 11.6 Å². The highest BCUT2D eigenvalue weighted by Gasteiger charge is 2.35. The Morgan fingerprint density at radius 2 is 2.07 bits per heavy atom. The molecule has 2 N–H and O–H groups in total. The van der Waals surface area contributed by atoms with Crippen LogP contribution in [-0.4, -0.2) is 39.4 Å². The van der Waals surface area contributed by atoms with Gasteiger partial charge >= 0.3 is 12.0 Å². The van der Waals surface area contributed by atoms with Crippen LogP contribution < -0.4 is 5.32 Å². The van der Waals surface area contributed by atoms with Gasteiger partial charge in [0, 0.05) is 23.8 Å². The average molecular weight is 392 g/mol. The molecular weight excluding hydrogens is 382 g/mol. The number of non-ortho nitro benzene ring substituents is 1. The van der Waals surface area contributed by atoms with Crippen molar-refractivity contribution in [2.24, 2.45) is 0 Å². The number of imide groups is 1. The molecule has 0 atom stereocenters. The van der Waals surface area contributed by atoms with E-state index in [0.29, 0.717) is 16.2 Å². The van der Waals surface area contributed by atoms with E-state index in [2.05, 4.69) is 5.32 Å². The van der Waals surface area contributed by atoms with E-state index >= 15 is 0 Å². The molecule has 10 nitrogen and oxygen atoms in total. The third kappa shape index (κ3) is 3.65. The van der Waals surface area contributed by atoms with Gasteiger partial charge in [-0.25, -0.2) is 9.69 Å². The standard InChI is InChI=1S/C16H10ClN3O7/c17-11-5-8(20(25)26)1-3-10(11)13-4-2-9(27-13)6-12-15(23)19(7-14(21)22)16(24)18-12/h1-6H,7H2,(H,18,24)(H,21,22)/b12-6+. The number of nitrogens with one attached hydrogen (secondary N) is 1. The van der Waals surface area contributed by atoms with Crippen molar-refractivity contribution in [3.63, 3.8) is 0 Å². The van der Waals surface area contributed by atoms with Gasteiger partial charge in [0.1, 0.15) is 23.8 Å². The molecule has 2 heterocycles. The number of carbonyl (C=O) groups is 3. The maximum Gasteiger partial charge on any atom is 0.329 e. The van der Waals surface area contributed by atoms with Crippen LogP contribution in [0.25, 0.3) is 17.4 Å². The van der Waals surface area contributed by atoms with Gasteiger partial charge < -0.3 is 14.8 Å². The molecule has 11 heteroatoms. The lowest BCUT2D eigenvalue weighted by molar-refractivity contribution is -0.384. The molecule has 1 aliphatic heterocycles. The molecule has 1 saturated heterocycles. The largest absolute Gasteiger partial charge is 0.480 e. The highest BCUT2D eigenvalue weighted by molar-refractivity contribution is 6.33. The van der Waals surface area contributed by atoms with Crippen molar-refractivity contribution in [1.82, 2.24) is 10.2 Å². The highest BCUT2D eigenvalue weighted by atomic mass is 35.5. The number of nitrogens with zero attached hydrogens (tertiary/aromatic N) is 2. The number of amides is 3. The molecule has 0 bridgehead atoms. The number of carbonyl (C=O) groups excluding carboxylic acids is 2. The van der Waals surface area contributed by atoms with Gasteiger partial charge in [0.05, 0.1) is 9.95 Å². The molecule has 1 aromatic heterocycles. The van der Waals surface area contributed by atoms with Gasteiger partial charge in [0.15, 0.2) is 0 Å². The van der Waals surface area contributed by atoms with E-state index in [-0.39, 0.29) is 22.2 Å². The maximum absolute atomic E-state index is 12.1. The van der Waals surface area contributed by atoms with Crippen molar-refractivity contribution in [3.8, 4) is 11.3 Å². The molecule has 27 heavy (non-hydrogen) atoms. The Balaban J connectivity index is 1.86. The van der Waals surface area contributed by atoms with E-state index in [4.69, 9.17) is 21.1 Å². The first-order valence-electron chi connectivity index (χ1n) is 7.37. The fraction of sp³-hybridized carbons (Fsp3) is 0.0625. The van der Waals surface area contributed by atoms with E-state index < -0.39 is 29.4 Å². The normalized spacial score (nSPS) is 15.3. The summed E-state index contributed by atoms with van der Waals surface area (Å²) in [4.78, 5) is 45.2. The number of hydrogen-bond acceptors (Lipinski definition) is 6. The molecular formula is C16H10ClN3O7. The number of urea groups is 1. The number of hydrogen-bond donors (Lipinski definition) is 2. The van der Waals surface area contributed by atoms with Crippen LogP contribution >= 0.6 is 11.6 Å². The highest BCUT2D eigenvalue weighted by Crippen LogP contribution is 2.32. The van der Waals surface area contributed by atoms with E-state index in [1.54, 1.807) is 0 Å². The Morgan fingerprint density at radius 3 is 2.70 bits per heavy atom. The number of aliphatic carboxylic acids is 1. The second-order valence-electron chi connectivity index (χ2n) is 5.40. The third-order valence-corrected chi connectivity index (χ3v) is 3.91. The van der Waals surface area contributed by atoms with Crippen molar-refractivity contribution >= 4 is 41.3 Å². The molecule has 2 aromatic rings. The number of halogens is 1. The van der Waals surface area contributed by atoms with Gasteiger partial charge in [-0.3, -0.25) is 19.7 Å². The second kappa shape index (κ2) is 6.92. The minimum Gasteiger partial charge on any atom is -0.480 e. The van der Waals surface area contributed by atoms with Crippen molar-refractivity contribution in [3.05, 3.63) is 56.9 Å². The summed E-state index contributed by atoms with van der Waals surface area (Å²) in [7, 11) is 0. The molecule has 3 rings (SSSR count). The summed E-state index contributed by atoms with van der Waals surface area (Å²) in [5, 5.41) is 21.9. The summed E-state index contributed by atoms with van der Waals surface area (Å²) >= 11 is 6.04. The zero-order chi connectivity index (χ0) is 19.7. The Morgan fingerprint density at radius 1 is 1.33 bits per heavy atom. The SMILES string of the molecule is O=C(O)CN1C(=O)N/C(=C/c2ccc(-c3ccc([N+](=O)[O-])cc3Cl)o2)C1=O. The fourth-order valence-electron chi connectivity index (χ4n) is 2.39. The molecule has 0 saturated carbocycles. The number of benzene rings is 1. The minimum absolute atomic E-state index is 0.107. The summed E-state index contributed by atoms with van der Waals surface area (Å²) < 4.78 is 5.54. The molecule has 1 aromatic carbocycles. The van der Waals surface area contributed by atoms with Crippen molar-refractivity contribution < 1.29 is 28.8 Å². The number of rotatable bonds is 5. The second-order valence-corrected chi connectivity index (χ2v) is 5.80. The zero-order valence-electron chi connectivity index (χ0n) is 13.3. The number of nitro groups is 1. The molecule has 1 fully saturated rings. The summed E-state index contributed by atoms with van der Waals surface area (Å²) in [5.74, 6) is -1.64. The predicted molar refractivity (Wildman–Crippen MR) is 91.7 cm³/mol. The van der Waals surface area contributed by atoms with Crippen LogP contribution in [0, 0.1) is 10.1 Å². The van der Waals surface area contributed by atoms with E-state index in [1.807, 2.05) is 0 Å². The lowest BCUT2D eigenvalue weighted by atomic mass is 10.1. The Bertz CT molecular complexity index is 1010. The van der Waals surface area contributed by atoms with Crippen LogP contribution in [0.15, 0.2) is 40.4 Å². The van der Waals surface area contributed by atoms with Crippen LogP contribution in [0.2, 0.25) is 5.02 Å². The van der Waals surface area contributed by atoms with Crippen LogP contribution in [0.5, 0.6) is 0 Å². The monoisotopic (exact) mass is 391 g/mol. The van der Waals surface area contributed by atoms with E-state index in [1.165, 1.54) is 36.4 Å². The van der Waals surface area contributed by atoms with Crippen molar-refractivity contribution in [1.29, 1.82) is 0 Å². The van der Waals surface area contributed by atoms with E-state index in [0.717, 1.165) is 0 Å². The topological polar surface area (TPSA) is 143 Å². The predicted octanol–water partition coefficient (Wildman–Crippen LogP) is 2.49. The molecule has 0 spiro atoms. The maximum atomic E-state index is 12.1. The number of furan rings is 1. The molecule has 0 aliphatic carbocycles. The fourth-order valence-corrected chi connectivity index (χ4v) is 2.65. The number of carboxylic acid groups (broad SMARTS) is 1. The van der Waals surface area contributed by atoms with Crippen LogP contribution in [0.3, 0.4) is 0 Å². The Kier molecular flexibility index (Phi) is 4.65. The van der Waals surface area contributed by atoms with Gasteiger partial charge in [-0.15, -0.1) is 0 Å². The zero-order valence-corrected chi connectivity index (χ0v) is 14.1. The van der Waals surface area contributed by atoms with Crippen molar-refractivity contribution in [2.45, 2.75) is 0 Å². The van der Waals surface area contributed by atoms with Crippen molar-refractivity contribution in [2.75, 3.05) is 6.54 Å². The van der Waals surface area contributed by atoms with Gasteiger partial charge in [0.25, 0.3) is 11.6 Å². The summed E-state index contributed by atoms with van der Waals surface area (Å²) in [6.45, 7) is -0.760. The average Bonchev–Trinajstić information content (AvgIpc) is 3.15. The quantitative estimate of drug-likeness (QED) is 0.345. The minimum atomic E-state index is -1.33. The smallest absolute Gasteiger partial charge is 0.329 e. The van der Waals surface area contributed by atoms with E-state index in [9.17, 15) is 24.5 Å². The summed E-state index contributed by atoms with van der Waals surface area (Å²) in [6.07, 6.45) is 1.24. The molecule has 1 aliphatic rings. The van der Waals surface area contributed by atoms with Gasteiger partial charge in [0.2, 0.25) is 0 Å². The van der Waals surface area contributed by atoms with Crippen LogP contribution in [-0.2, 0) is 9.59 Å². The molecule has 138 valence electrons. The Hall–Kier alpha value is -3.66. The summed E-state index contributed by atoms with van der Waals surface area (Å²) in [5.41, 5.74) is 0.0913. The molecule has 0 unspecified atom stereocenters. The first kappa shape index (κ1) is 18.1. The van der Waals surface area contributed by atoms with Gasteiger partial charge in [-0.05, 0) is 18.2 Å². The lowest BCUT2D eigenvalue weighted by Gasteiger charge is -2.06. The number of carboxylic acids is 1. The third-order valence-electron chi connectivity index (χ3n) is 3.60. The first-order valence-corrected chi connectivity index (χ1v) is 7.74. The van der Waals surface area contributed by atoms with Crippen LogP contribution in [0.1, 0.15) is 5.76 Å². The first-order chi connectivity index (χ1) is 12.8. The molecule has 3 amide bonds.